The van der Waals surface area contributed by atoms with Crippen molar-refractivity contribution >= 4 is 46.5 Å². The molecule has 2 amide bonds. The average Bonchev–Trinajstić information content (AvgIpc) is 4.00. The fourth-order valence-electron chi connectivity index (χ4n) is 9.30. The van der Waals surface area contributed by atoms with Crippen molar-refractivity contribution < 1.29 is 28.9 Å². The molecule has 0 spiro atoms. The van der Waals surface area contributed by atoms with Gasteiger partial charge in [0.25, 0.3) is 11.8 Å². The maximum Gasteiger partial charge on any atom is 0.264 e. The molecular weight excluding hydrogens is 766 g/mol. The summed E-state index contributed by atoms with van der Waals surface area (Å²) < 4.78 is 21.8. The molecule has 0 bridgehead atoms. The van der Waals surface area contributed by atoms with Crippen molar-refractivity contribution in [3.05, 3.63) is 131 Å². The van der Waals surface area contributed by atoms with Gasteiger partial charge in [0.05, 0.1) is 30.9 Å². The lowest BCUT2D eigenvalue weighted by Crippen LogP contribution is -2.52. The Bertz CT molecular complexity index is 2540. The number of anilines is 2. The number of aromatic nitrogens is 2. The van der Waals surface area contributed by atoms with Gasteiger partial charge in [-0.1, -0.05) is 36.4 Å². The maximum absolute atomic E-state index is 15.3. The Morgan fingerprint density at radius 1 is 0.831 bits per heavy atom. The Morgan fingerprint density at radius 2 is 1.59 bits per heavy atom. The van der Waals surface area contributed by atoms with Crippen molar-refractivity contribution in [1.82, 2.24) is 18.9 Å². The summed E-state index contributed by atoms with van der Waals surface area (Å²) in [7, 11) is 2.01. The molecule has 4 aromatic carbocycles. The molecule has 12 heteroatoms. The van der Waals surface area contributed by atoms with Crippen LogP contribution in [0.3, 0.4) is 0 Å². The van der Waals surface area contributed by atoms with Crippen LogP contribution in [0.5, 0.6) is 11.5 Å². The van der Waals surface area contributed by atoms with E-state index in [0.29, 0.717) is 48.1 Å². The first-order chi connectivity index (χ1) is 28.4. The Morgan fingerprint density at radius 3 is 2.39 bits per heavy atom. The second-order valence-electron chi connectivity index (χ2n) is 15.9. The zero-order valence-electron chi connectivity index (χ0n) is 33.1. The summed E-state index contributed by atoms with van der Waals surface area (Å²) in [6.45, 7) is 5.03. The molecule has 1 saturated heterocycles. The first-order valence-electron chi connectivity index (χ1n) is 20.4. The van der Waals surface area contributed by atoms with E-state index in [1.165, 1.54) is 5.56 Å². The molecule has 2 aromatic heterocycles. The molecule has 6 aromatic rings. The number of aliphatic hydroxyl groups is 1. The van der Waals surface area contributed by atoms with E-state index in [2.05, 4.69) is 44.4 Å². The highest BCUT2D eigenvalue weighted by atomic mass is 35.5. The molecule has 4 aliphatic heterocycles. The predicted molar refractivity (Wildman–Crippen MR) is 229 cm³/mol. The van der Waals surface area contributed by atoms with E-state index in [4.69, 9.17) is 14.2 Å². The predicted octanol–water partition coefficient (Wildman–Crippen LogP) is 7.50. The van der Waals surface area contributed by atoms with Crippen molar-refractivity contribution in [3.8, 4) is 22.8 Å². The van der Waals surface area contributed by atoms with Gasteiger partial charge in [-0.15, -0.1) is 12.4 Å². The summed E-state index contributed by atoms with van der Waals surface area (Å²) in [4.78, 5) is 36.8. The minimum absolute atomic E-state index is 0. The molecule has 0 aliphatic carbocycles. The fraction of sp³-hybridized carbons (Fsp3) is 0.319. The average molecular weight is 814 g/mol. The summed E-state index contributed by atoms with van der Waals surface area (Å²) >= 11 is 0. The first-order valence-corrected chi connectivity index (χ1v) is 20.4. The van der Waals surface area contributed by atoms with Crippen molar-refractivity contribution in [2.24, 2.45) is 7.05 Å². The van der Waals surface area contributed by atoms with Crippen LogP contribution in [0.1, 0.15) is 55.9 Å². The number of carbonyl (C=O) groups is 2. The van der Waals surface area contributed by atoms with Gasteiger partial charge in [0.2, 0.25) is 6.79 Å². The van der Waals surface area contributed by atoms with Crippen LogP contribution in [0, 0.1) is 0 Å². The topological polar surface area (TPSA) is 102 Å². The molecular formula is C47H48ClN5O6. The van der Waals surface area contributed by atoms with Gasteiger partial charge >= 0.3 is 0 Å². The zero-order chi connectivity index (χ0) is 39.3. The van der Waals surface area contributed by atoms with Crippen LogP contribution in [-0.4, -0.2) is 81.5 Å². The highest BCUT2D eigenvalue weighted by molar-refractivity contribution is 6.13. The van der Waals surface area contributed by atoms with Crippen LogP contribution < -0.4 is 14.4 Å². The number of halogens is 1. The van der Waals surface area contributed by atoms with Crippen molar-refractivity contribution in [2.45, 2.75) is 51.4 Å². The highest BCUT2D eigenvalue weighted by Gasteiger charge is 2.36. The fourth-order valence-corrected chi connectivity index (χ4v) is 9.30. The van der Waals surface area contributed by atoms with Crippen LogP contribution in [0.4, 0.5) is 11.4 Å². The molecule has 4 aliphatic rings. The zero-order valence-corrected chi connectivity index (χ0v) is 34.0. The van der Waals surface area contributed by atoms with Crippen LogP contribution in [-0.2, 0) is 44.3 Å². The number of rotatable bonds is 8. The summed E-state index contributed by atoms with van der Waals surface area (Å²) in [6.07, 6.45) is 5.42. The lowest BCUT2D eigenvalue weighted by Gasteiger charge is -2.40. The number of ether oxygens (including phenoxy) is 3. The van der Waals surface area contributed by atoms with E-state index in [-0.39, 0.29) is 43.7 Å². The van der Waals surface area contributed by atoms with Gasteiger partial charge in [0.1, 0.15) is 0 Å². The molecule has 1 fully saturated rings. The number of fused-ring (bicyclic) bond motifs is 4. The Kier molecular flexibility index (Phi) is 10.7. The molecule has 0 radical (unpaired) electrons. The molecule has 59 heavy (non-hydrogen) atoms. The number of aliphatic hydroxyl groups excluding tert-OH is 1. The second kappa shape index (κ2) is 16.2. The minimum Gasteiger partial charge on any atom is -0.454 e. The number of benzene rings is 4. The van der Waals surface area contributed by atoms with Crippen molar-refractivity contribution in [1.29, 1.82) is 0 Å². The van der Waals surface area contributed by atoms with E-state index in [1.54, 1.807) is 4.90 Å². The quantitative estimate of drug-likeness (QED) is 0.170. The van der Waals surface area contributed by atoms with Crippen LogP contribution in [0.25, 0.3) is 22.2 Å². The van der Waals surface area contributed by atoms with Gasteiger partial charge in [0, 0.05) is 91.2 Å². The van der Waals surface area contributed by atoms with E-state index in [9.17, 15) is 5.11 Å². The second-order valence-corrected chi connectivity index (χ2v) is 15.9. The molecule has 10 rings (SSSR count). The van der Waals surface area contributed by atoms with E-state index >= 15 is 9.59 Å². The monoisotopic (exact) mass is 813 g/mol. The third-order valence-electron chi connectivity index (χ3n) is 12.4. The SMILES string of the molecule is Cl.Cn1ccc2cc(N(C(=O)c3cc(-c4cc5c(cc4C(=O)N4Cc6ccccc6C[C@H]4CN4CCOCC4)OCO5)n4c3CCCC4)c3ccc(CO)cc3)ccc21. The van der Waals surface area contributed by atoms with Gasteiger partial charge in [-0.3, -0.25) is 19.4 Å². The summed E-state index contributed by atoms with van der Waals surface area (Å²) in [5.41, 5.74) is 9.35. The molecule has 6 heterocycles. The van der Waals surface area contributed by atoms with Gasteiger partial charge in [-0.2, -0.15) is 0 Å². The number of carbonyl (C=O) groups excluding carboxylic acids is 2. The Balaban J connectivity index is 0.00000449. The lowest BCUT2D eigenvalue weighted by molar-refractivity contribution is 0.0193. The summed E-state index contributed by atoms with van der Waals surface area (Å²) in [5.74, 6) is 0.906. The number of amides is 2. The number of hydrogen-bond donors (Lipinski definition) is 1. The normalized spacial score (nSPS) is 17.3. The minimum atomic E-state index is -0.157. The number of aryl methyl sites for hydroxylation is 1. The van der Waals surface area contributed by atoms with E-state index in [1.807, 2.05) is 78.8 Å². The number of morpholine rings is 1. The largest absolute Gasteiger partial charge is 0.454 e. The van der Waals surface area contributed by atoms with Gasteiger partial charge in [-0.05, 0) is 97.0 Å². The van der Waals surface area contributed by atoms with Gasteiger partial charge in [0.15, 0.2) is 11.5 Å². The summed E-state index contributed by atoms with van der Waals surface area (Å²) in [6, 6.07) is 29.8. The third-order valence-corrected chi connectivity index (χ3v) is 12.4. The van der Waals surface area contributed by atoms with Gasteiger partial charge in [-0.25, -0.2) is 0 Å². The van der Waals surface area contributed by atoms with Crippen LogP contribution in [0.2, 0.25) is 0 Å². The molecule has 0 unspecified atom stereocenters. The lowest BCUT2D eigenvalue weighted by atomic mass is 9.92. The summed E-state index contributed by atoms with van der Waals surface area (Å²) in [5, 5.41) is 10.9. The van der Waals surface area contributed by atoms with Crippen LogP contribution >= 0.6 is 12.4 Å². The van der Waals surface area contributed by atoms with Crippen molar-refractivity contribution in [3.63, 3.8) is 0 Å². The van der Waals surface area contributed by atoms with E-state index in [0.717, 1.165) is 96.5 Å². The van der Waals surface area contributed by atoms with Crippen molar-refractivity contribution in [2.75, 3.05) is 44.5 Å². The van der Waals surface area contributed by atoms with E-state index < -0.39 is 0 Å². The standard InChI is InChI=1S/C47H47N5O6.ClH/c1-48-17-15-33-23-36(13-14-41(33)48)52(35-11-9-31(29-53)10-12-35)47(55)40-24-43(50-16-5-4-8-42(40)50)38-25-44-45(58-30-57-44)26-39(38)46(54)51-27-34-7-3-2-6-32(34)22-37(51)28-49-18-20-56-21-19-49;/h2-3,6-7,9-15,17,23-26,37,53H,4-5,8,16,18-22,27-30H2,1H3;1H/t37-;/m0./s1. The molecule has 304 valence electrons. The molecule has 11 nitrogen and oxygen atoms in total. The Labute approximate surface area is 349 Å². The highest BCUT2D eigenvalue weighted by Crippen LogP contribution is 2.43. The molecule has 0 saturated carbocycles. The number of nitrogens with zero attached hydrogens (tertiary/aromatic N) is 5. The molecule has 1 N–H and O–H groups in total. The smallest absolute Gasteiger partial charge is 0.264 e. The Hall–Kier alpha value is -5.59. The molecule has 1 atom stereocenters. The number of hydrogen-bond acceptors (Lipinski definition) is 7. The third kappa shape index (κ3) is 7.16. The van der Waals surface area contributed by atoms with Crippen LogP contribution in [0.15, 0.2) is 97.2 Å². The van der Waals surface area contributed by atoms with Gasteiger partial charge < -0.3 is 33.4 Å². The maximum atomic E-state index is 15.3. The first kappa shape index (κ1) is 38.9.